The second-order valence-electron chi connectivity index (χ2n) is 2.90. The zero-order chi connectivity index (χ0) is 10.3. The lowest BCUT2D eigenvalue weighted by molar-refractivity contribution is 1.28. The molecule has 0 radical (unpaired) electrons. The first-order chi connectivity index (χ1) is 6.58. The minimum absolute atomic E-state index is 0.231. The fourth-order valence-electron chi connectivity index (χ4n) is 1.14. The lowest BCUT2D eigenvalue weighted by atomic mass is 10.2. The van der Waals surface area contributed by atoms with E-state index in [-0.39, 0.29) is 10.3 Å². The molecule has 0 aliphatic carbocycles. The van der Waals surface area contributed by atoms with E-state index in [1.54, 1.807) is 0 Å². The van der Waals surface area contributed by atoms with E-state index in [1.807, 2.05) is 19.1 Å². The highest BCUT2D eigenvalue weighted by Gasteiger charge is 2.06. The number of halogens is 3. The lowest BCUT2D eigenvalue weighted by Crippen LogP contribution is -1.88. The highest BCUT2D eigenvalue weighted by molar-refractivity contribution is 9.10. The van der Waals surface area contributed by atoms with E-state index in [9.17, 15) is 0 Å². The predicted octanol–water partition coefficient (Wildman–Crippen LogP) is 4.01. The molecule has 72 valence electrons. The summed E-state index contributed by atoms with van der Waals surface area (Å²) in [5, 5.41) is 0.468. The van der Waals surface area contributed by atoms with Gasteiger partial charge in [-0.1, -0.05) is 39.1 Å². The summed E-state index contributed by atoms with van der Waals surface area (Å²) in [6.45, 7) is 1.98. The van der Waals surface area contributed by atoms with Crippen molar-refractivity contribution in [1.29, 1.82) is 0 Å². The standard InChI is InChI=1S/C9H5BrCl2N2/c1-4-2-6-7(3-5(4)10)14-9(12)8(11)13-6/h2-3H,1H3. The Morgan fingerprint density at radius 2 is 1.57 bits per heavy atom. The molecule has 2 rings (SSSR count). The SMILES string of the molecule is Cc1cc2nc(Cl)c(Cl)nc2cc1Br. The summed E-state index contributed by atoms with van der Waals surface area (Å²) in [5.74, 6) is 0. The van der Waals surface area contributed by atoms with Crippen molar-refractivity contribution in [2.24, 2.45) is 0 Å². The molecule has 1 heterocycles. The zero-order valence-electron chi connectivity index (χ0n) is 7.18. The second-order valence-corrected chi connectivity index (χ2v) is 4.47. The van der Waals surface area contributed by atoms with E-state index >= 15 is 0 Å². The minimum atomic E-state index is 0.231. The summed E-state index contributed by atoms with van der Waals surface area (Å²) in [7, 11) is 0. The number of hydrogen-bond acceptors (Lipinski definition) is 2. The predicted molar refractivity (Wildman–Crippen MR) is 62.0 cm³/mol. The van der Waals surface area contributed by atoms with E-state index in [2.05, 4.69) is 25.9 Å². The van der Waals surface area contributed by atoms with Crippen molar-refractivity contribution in [3.8, 4) is 0 Å². The van der Waals surface area contributed by atoms with Crippen LogP contribution in [0.4, 0.5) is 0 Å². The van der Waals surface area contributed by atoms with E-state index in [4.69, 9.17) is 23.2 Å². The Hall–Kier alpha value is -0.380. The number of fused-ring (bicyclic) bond motifs is 1. The molecule has 2 nitrogen and oxygen atoms in total. The van der Waals surface area contributed by atoms with Crippen LogP contribution in [0.3, 0.4) is 0 Å². The Kier molecular flexibility index (Phi) is 2.64. The number of aromatic nitrogens is 2. The lowest BCUT2D eigenvalue weighted by Gasteiger charge is -2.02. The Balaban J connectivity index is 2.83. The van der Waals surface area contributed by atoms with Gasteiger partial charge in [-0.05, 0) is 24.6 Å². The van der Waals surface area contributed by atoms with Crippen molar-refractivity contribution >= 4 is 50.2 Å². The van der Waals surface area contributed by atoms with Gasteiger partial charge in [-0.2, -0.15) is 0 Å². The van der Waals surface area contributed by atoms with Gasteiger partial charge in [-0.15, -0.1) is 0 Å². The van der Waals surface area contributed by atoms with Crippen LogP contribution in [0.1, 0.15) is 5.56 Å². The number of aryl methyl sites for hydroxylation is 1. The summed E-state index contributed by atoms with van der Waals surface area (Å²) >= 11 is 14.9. The number of rotatable bonds is 0. The summed E-state index contributed by atoms with van der Waals surface area (Å²) in [6.07, 6.45) is 0. The van der Waals surface area contributed by atoms with Gasteiger partial charge in [0, 0.05) is 4.47 Å². The summed E-state index contributed by atoms with van der Waals surface area (Å²) in [5.41, 5.74) is 2.57. The van der Waals surface area contributed by atoms with Gasteiger partial charge in [0.05, 0.1) is 11.0 Å². The molecule has 0 amide bonds. The third-order valence-corrected chi connectivity index (χ3v) is 3.34. The van der Waals surface area contributed by atoms with Crippen LogP contribution >= 0.6 is 39.1 Å². The first kappa shape index (κ1) is 10.1. The van der Waals surface area contributed by atoms with Crippen LogP contribution in [0.5, 0.6) is 0 Å². The van der Waals surface area contributed by atoms with Crippen LogP contribution < -0.4 is 0 Å². The van der Waals surface area contributed by atoms with Gasteiger partial charge in [-0.3, -0.25) is 0 Å². The molecule has 0 unspecified atom stereocenters. The molecule has 5 heteroatoms. The molecule has 1 aromatic heterocycles. The van der Waals surface area contributed by atoms with Gasteiger partial charge < -0.3 is 0 Å². The quantitative estimate of drug-likeness (QED) is 0.733. The van der Waals surface area contributed by atoms with Crippen LogP contribution in [0.25, 0.3) is 11.0 Å². The first-order valence-electron chi connectivity index (χ1n) is 3.87. The molecular formula is C9H5BrCl2N2. The van der Waals surface area contributed by atoms with E-state index < -0.39 is 0 Å². The molecule has 1 aromatic carbocycles. The molecule has 0 spiro atoms. The molecule has 0 bridgehead atoms. The number of nitrogens with zero attached hydrogens (tertiary/aromatic N) is 2. The van der Waals surface area contributed by atoms with Gasteiger partial charge in [-0.25, -0.2) is 9.97 Å². The smallest absolute Gasteiger partial charge is 0.167 e. The van der Waals surface area contributed by atoms with Crippen LogP contribution in [-0.2, 0) is 0 Å². The summed E-state index contributed by atoms with van der Waals surface area (Å²) in [6, 6.07) is 3.79. The molecule has 14 heavy (non-hydrogen) atoms. The van der Waals surface area contributed by atoms with Crippen molar-refractivity contribution < 1.29 is 0 Å². The summed E-state index contributed by atoms with van der Waals surface area (Å²) < 4.78 is 0.984. The Labute approximate surface area is 99.4 Å². The third-order valence-electron chi connectivity index (χ3n) is 1.86. The number of benzene rings is 1. The van der Waals surface area contributed by atoms with Crippen LogP contribution in [0.2, 0.25) is 10.3 Å². The molecule has 0 saturated carbocycles. The molecule has 0 aliphatic rings. The molecular weight excluding hydrogens is 287 g/mol. The van der Waals surface area contributed by atoms with Crippen LogP contribution in [-0.4, -0.2) is 9.97 Å². The fraction of sp³-hybridized carbons (Fsp3) is 0.111. The maximum Gasteiger partial charge on any atom is 0.167 e. The maximum absolute atomic E-state index is 5.76. The van der Waals surface area contributed by atoms with Crippen molar-refractivity contribution in [2.75, 3.05) is 0 Å². The minimum Gasteiger partial charge on any atom is -0.231 e. The average Bonchev–Trinajstić information content (AvgIpc) is 2.11. The normalized spacial score (nSPS) is 10.9. The molecule has 2 aromatic rings. The Bertz CT molecular complexity index is 424. The van der Waals surface area contributed by atoms with Crippen LogP contribution in [0, 0.1) is 6.92 Å². The van der Waals surface area contributed by atoms with Gasteiger partial charge >= 0.3 is 0 Å². The van der Waals surface area contributed by atoms with Crippen molar-refractivity contribution in [1.82, 2.24) is 9.97 Å². The summed E-state index contributed by atoms with van der Waals surface area (Å²) in [4.78, 5) is 8.25. The molecule has 0 aliphatic heterocycles. The van der Waals surface area contributed by atoms with Crippen molar-refractivity contribution in [3.63, 3.8) is 0 Å². The molecule has 0 N–H and O–H groups in total. The van der Waals surface area contributed by atoms with E-state index in [0.717, 1.165) is 21.1 Å². The van der Waals surface area contributed by atoms with Gasteiger partial charge in [0.25, 0.3) is 0 Å². The zero-order valence-corrected chi connectivity index (χ0v) is 10.3. The highest BCUT2D eigenvalue weighted by atomic mass is 79.9. The molecule has 0 atom stereocenters. The van der Waals surface area contributed by atoms with Crippen molar-refractivity contribution in [3.05, 3.63) is 32.5 Å². The molecule has 0 saturated heterocycles. The van der Waals surface area contributed by atoms with Gasteiger partial charge in [0.15, 0.2) is 10.3 Å². The highest BCUT2D eigenvalue weighted by Crippen LogP contribution is 2.25. The van der Waals surface area contributed by atoms with Crippen molar-refractivity contribution in [2.45, 2.75) is 6.92 Å². The fourth-order valence-corrected chi connectivity index (χ4v) is 1.74. The average molecular weight is 292 g/mol. The Morgan fingerprint density at radius 1 is 1.07 bits per heavy atom. The van der Waals surface area contributed by atoms with Gasteiger partial charge in [0.1, 0.15) is 0 Å². The van der Waals surface area contributed by atoms with Gasteiger partial charge in [0.2, 0.25) is 0 Å². The monoisotopic (exact) mass is 290 g/mol. The second kappa shape index (κ2) is 3.65. The molecule has 0 fully saturated rings. The number of hydrogen-bond donors (Lipinski definition) is 0. The first-order valence-corrected chi connectivity index (χ1v) is 5.42. The third kappa shape index (κ3) is 1.72. The largest absolute Gasteiger partial charge is 0.231 e. The van der Waals surface area contributed by atoms with Crippen LogP contribution in [0.15, 0.2) is 16.6 Å². The van der Waals surface area contributed by atoms with E-state index in [0.29, 0.717) is 0 Å². The topological polar surface area (TPSA) is 25.8 Å². The maximum atomic E-state index is 5.76. The van der Waals surface area contributed by atoms with E-state index in [1.165, 1.54) is 0 Å². The Morgan fingerprint density at radius 3 is 2.14 bits per heavy atom.